The van der Waals surface area contributed by atoms with E-state index in [2.05, 4.69) is 15.2 Å². The summed E-state index contributed by atoms with van der Waals surface area (Å²) in [7, 11) is 3.57. The van der Waals surface area contributed by atoms with Gasteiger partial charge in [0.15, 0.2) is 6.61 Å². The summed E-state index contributed by atoms with van der Waals surface area (Å²) in [6, 6.07) is 7.23. The third kappa shape index (κ3) is 4.23. The lowest BCUT2D eigenvalue weighted by Gasteiger charge is -2.16. The van der Waals surface area contributed by atoms with Crippen molar-refractivity contribution in [3.63, 3.8) is 0 Å². The Labute approximate surface area is 145 Å². The van der Waals surface area contributed by atoms with Crippen molar-refractivity contribution >= 4 is 5.91 Å². The molecule has 3 rings (SSSR count). The van der Waals surface area contributed by atoms with Crippen LogP contribution in [0.15, 0.2) is 41.2 Å². The Morgan fingerprint density at radius 3 is 2.92 bits per heavy atom. The Morgan fingerprint density at radius 2 is 2.24 bits per heavy atom. The van der Waals surface area contributed by atoms with Crippen LogP contribution in [0.3, 0.4) is 0 Å². The molecule has 8 heteroatoms. The molecule has 0 N–H and O–H groups in total. The normalized spacial score (nSPS) is 10.7. The number of carbonyl (C=O) groups is 1. The van der Waals surface area contributed by atoms with Gasteiger partial charge in [0, 0.05) is 44.9 Å². The first kappa shape index (κ1) is 16.7. The zero-order valence-electron chi connectivity index (χ0n) is 14.3. The molecule has 0 unspecified atom stereocenters. The summed E-state index contributed by atoms with van der Waals surface area (Å²) in [4.78, 5) is 18.0. The van der Waals surface area contributed by atoms with E-state index in [9.17, 15) is 4.79 Å². The molecule has 3 aromatic rings. The van der Waals surface area contributed by atoms with Crippen LogP contribution in [0.2, 0.25) is 0 Å². The van der Waals surface area contributed by atoms with E-state index in [1.165, 1.54) is 0 Å². The first-order valence-electron chi connectivity index (χ1n) is 7.76. The van der Waals surface area contributed by atoms with Crippen LogP contribution in [0.25, 0.3) is 11.4 Å². The molecule has 0 bridgehead atoms. The zero-order chi connectivity index (χ0) is 17.8. The number of nitrogens with zero attached hydrogens (tertiary/aromatic N) is 5. The average Bonchev–Trinajstić information content (AvgIpc) is 3.21. The minimum absolute atomic E-state index is 0.0501. The standard InChI is InChI=1S/C17H19N5O3/c1-12-19-17(20-25-12)14-5-4-6-15(7-14)24-11-16(23)21(2)9-13-8-18-22(3)10-13/h4-8,10H,9,11H2,1-3H3. The van der Waals surface area contributed by atoms with Crippen LogP contribution in [-0.4, -0.2) is 44.4 Å². The average molecular weight is 341 g/mol. The molecule has 8 nitrogen and oxygen atoms in total. The number of amides is 1. The number of rotatable bonds is 6. The monoisotopic (exact) mass is 341 g/mol. The summed E-state index contributed by atoms with van der Waals surface area (Å²) in [5, 5.41) is 7.97. The summed E-state index contributed by atoms with van der Waals surface area (Å²) < 4.78 is 12.3. The largest absolute Gasteiger partial charge is 0.484 e. The van der Waals surface area contributed by atoms with Crippen molar-refractivity contribution in [1.29, 1.82) is 0 Å². The highest BCUT2D eigenvalue weighted by atomic mass is 16.5. The number of aryl methyl sites for hydroxylation is 2. The van der Waals surface area contributed by atoms with Crippen molar-refractivity contribution in [2.45, 2.75) is 13.5 Å². The molecule has 2 aromatic heterocycles. The van der Waals surface area contributed by atoms with Gasteiger partial charge in [-0.05, 0) is 12.1 Å². The number of ether oxygens (including phenoxy) is 1. The first-order chi connectivity index (χ1) is 12.0. The van der Waals surface area contributed by atoms with E-state index in [0.717, 1.165) is 11.1 Å². The van der Waals surface area contributed by atoms with Crippen molar-refractivity contribution in [2.75, 3.05) is 13.7 Å². The fourth-order valence-corrected chi connectivity index (χ4v) is 2.31. The van der Waals surface area contributed by atoms with Crippen LogP contribution < -0.4 is 4.74 Å². The van der Waals surface area contributed by atoms with Gasteiger partial charge in [-0.1, -0.05) is 17.3 Å². The highest BCUT2D eigenvalue weighted by molar-refractivity contribution is 5.77. The molecule has 0 saturated heterocycles. The maximum Gasteiger partial charge on any atom is 0.260 e. The van der Waals surface area contributed by atoms with E-state index >= 15 is 0 Å². The molecule has 0 spiro atoms. The minimum atomic E-state index is -0.121. The maximum absolute atomic E-state index is 12.2. The van der Waals surface area contributed by atoms with E-state index < -0.39 is 0 Å². The molecule has 0 aliphatic carbocycles. The Hall–Kier alpha value is -3.16. The smallest absolute Gasteiger partial charge is 0.260 e. The van der Waals surface area contributed by atoms with Gasteiger partial charge in [0.25, 0.3) is 5.91 Å². The quantitative estimate of drug-likeness (QED) is 0.680. The van der Waals surface area contributed by atoms with Crippen LogP contribution in [0.1, 0.15) is 11.5 Å². The number of hydrogen-bond donors (Lipinski definition) is 0. The molecule has 0 fully saturated rings. The highest BCUT2D eigenvalue weighted by Crippen LogP contribution is 2.21. The van der Waals surface area contributed by atoms with Crippen LogP contribution >= 0.6 is 0 Å². The van der Waals surface area contributed by atoms with Crippen LogP contribution in [0.5, 0.6) is 5.75 Å². The van der Waals surface area contributed by atoms with Gasteiger partial charge >= 0.3 is 0 Å². The minimum Gasteiger partial charge on any atom is -0.484 e. The molecule has 0 saturated carbocycles. The predicted octanol–water partition coefficient (Wildman–Crippen LogP) is 1.82. The SMILES string of the molecule is Cc1nc(-c2cccc(OCC(=O)N(C)Cc3cnn(C)c3)c2)no1. The number of carbonyl (C=O) groups excluding carboxylic acids is 1. The maximum atomic E-state index is 12.2. The highest BCUT2D eigenvalue weighted by Gasteiger charge is 2.12. The number of likely N-dealkylation sites (N-methyl/N-ethyl adjacent to an activating group) is 1. The van der Waals surface area contributed by atoms with E-state index in [1.807, 2.05) is 25.4 Å². The lowest BCUT2D eigenvalue weighted by atomic mass is 10.2. The summed E-state index contributed by atoms with van der Waals surface area (Å²) >= 11 is 0. The van der Waals surface area contributed by atoms with Gasteiger partial charge in [-0.25, -0.2) is 0 Å². The zero-order valence-corrected chi connectivity index (χ0v) is 14.3. The van der Waals surface area contributed by atoms with Gasteiger partial charge in [0.1, 0.15) is 5.75 Å². The van der Waals surface area contributed by atoms with E-state index in [1.54, 1.807) is 41.9 Å². The second-order valence-electron chi connectivity index (χ2n) is 5.73. The molecule has 0 aliphatic rings. The molecule has 0 atom stereocenters. The van der Waals surface area contributed by atoms with Crippen LogP contribution in [0, 0.1) is 6.92 Å². The summed E-state index contributed by atoms with van der Waals surface area (Å²) in [5.41, 5.74) is 1.73. The molecule has 25 heavy (non-hydrogen) atoms. The number of benzene rings is 1. The summed E-state index contributed by atoms with van der Waals surface area (Å²) in [6.07, 6.45) is 3.61. The first-order valence-corrected chi connectivity index (χ1v) is 7.76. The Bertz CT molecular complexity index is 871. The number of aromatic nitrogens is 4. The Kier molecular flexibility index (Phi) is 4.78. The molecule has 1 amide bonds. The lowest BCUT2D eigenvalue weighted by molar-refractivity contribution is -0.132. The van der Waals surface area contributed by atoms with Crippen molar-refractivity contribution in [3.8, 4) is 17.1 Å². The van der Waals surface area contributed by atoms with Crippen LogP contribution in [-0.2, 0) is 18.4 Å². The molecule has 0 radical (unpaired) electrons. The summed E-state index contributed by atoms with van der Waals surface area (Å²) in [5.74, 6) is 1.43. The Balaban J connectivity index is 1.58. The van der Waals surface area contributed by atoms with E-state index in [4.69, 9.17) is 9.26 Å². The molecule has 130 valence electrons. The van der Waals surface area contributed by atoms with E-state index in [0.29, 0.717) is 24.0 Å². The second kappa shape index (κ2) is 7.16. The van der Waals surface area contributed by atoms with Crippen molar-refractivity contribution in [2.24, 2.45) is 7.05 Å². The van der Waals surface area contributed by atoms with Crippen molar-refractivity contribution in [3.05, 3.63) is 48.1 Å². The van der Waals surface area contributed by atoms with E-state index in [-0.39, 0.29) is 12.5 Å². The topological polar surface area (TPSA) is 86.3 Å². The molecule has 1 aromatic carbocycles. The van der Waals surface area contributed by atoms with Gasteiger partial charge in [-0.15, -0.1) is 0 Å². The molecular weight excluding hydrogens is 322 g/mol. The molecule has 2 heterocycles. The third-order valence-corrected chi connectivity index (χ3v) is 3.59. The van der Waals surface area contributed by atoms with Gasteiger partial charge < -0.3 is 14.2 Å². The Morgan fingerprint density at radius 1 is 1.40 bits per heavy atom. The number of hydrogen-bond acceptors (Lipinski definition) is 6. The van der Waals surface area contributed by atoms with Gasteiger partial charge in [0.05, 0.1) is 6.20 Å². The fourth-order valence-electron chi connectivity index (χ4n) is 2.31. The molecular formula is C17H19N5O3. The predicted molar refractivity (Wildman–Crippen MR) is 89.6 cm³/mol. The van der Waals surface area contributed by atoms with Gasteiger partial charge in [0.2, 0.25) is 11.7 Å². The molecule has 0 aliphatic heterocycles. The van der Waals surface area contributed by atoms with Crippen LogP contribution in [0.4, 0.5) is 0 Å². The summed E-state index contributed by atoms with van der Waals surface area (Å²) in [6.45, 7) is 2.16. The fraction of sp³-hybridized carbons (Fsp3) is 0.294. The van der Waals surface area contributed by atoms with Crippen molar-refractivity contribution in [1.82, 2.24) is 24.8 Å². The van der Waals surface area contributed by atoms with Crippen molar-refractivity contribution < 1.29 is 14.1 Å². The van der Waals surface area contributed by atoms with Gasteiger partial charge in [-0.3, -0.25) is 9.48 Å². The third-order valence-electron chi connectivity index (χ3n) is 3.59. The van der Waals surface area contributed by atoms with Gasteiger partial charge in [-0.2, -0.15) is 10.1 Å². The lowest BCUT2D eigenvalue weighted by Crippen LogP contribution is -2.30. The second-order valence-corrected chi connectivity index (χ2v) is 5.73.